The van der Waals surface area contributed by atoms with Crippen molar-refractivity contribution < 1.29 is 22.7 Å². The van der Waals surface area contributed by atoms with Crippen molar-refractivity contribution in [2.75, 3.05) is 0 Å². The van der Waals surface area contributed by atoms with Crippen LogP contribution < -0.4 is 5.73 Å². The summed E-state index contributed by atoms with van der Waals surface area (Å²) in [5.41, 5.74) is 4.12. The fourth-order valence-corrected chi connectivity index (χ4v) is 1.33. The first-order valence-corrected chi connectivity index (χ1v) is 4.74. The molecule has 1 aromatic rings. The lowest BCUT2D eigenvalue weighted by atomic mass is 10.2. The second-order valence-electron chi connectivity index (χ2n) is 2.76. The summed E-state index contributed by atoms with van der Waals surface area (Å²) in [5, 5.41) is 0. The van der Waals surface area contributed by atoms with Crippen molar-refractivity contribution in [3.05, 3.63) is 28.5 Å². The molecule has 4 nitrogen and oxygen atoms in total. The highest BCUT2D eigenvalue weighted by Crippen LogP contribution is 2.35. The Hall–Kier alpha value is -1.31. The van der Waals surface area contributed by atoms with Crippen LogP contribution in [0.5, 0.6) is 0 Å². The molecule has 0 aliphatic carbocycles. The summed E-state index contributed by atoms with van der Waals surface area (Å²) in [4.78, 5) is 13.9. The first-order valence-electron chi connectivity index (χ1n) is 3.95. The smallest absolute Gasteiger partial charge is 0.430 e. The Morgan fingerprint density at radius 2 is 2.19 bits per heavy atom. The summed E-state index contributed by atoms with van der Waals surface area (Å²) >= 11 is 2.98. The molecule has 1 rings (SSSR count). The molecule has 0 bridgehead atoms. The molecular weight excluding hydrogens is 293 g/mol. The van der Waals surface area contributed by atoms with Crippen LogP contribution in [0.4, 0.5) is 18.0 Å². The molecule has 0 aromatic carbocycles. The number of aromatic nitrogens is 1. The van der Waals surface area contributed by atoms with Gasteiger partial charge in [-0.3, -0.25) is 4.98 Å². The number of hydrogen-bond donors (Lipinski definition) is 1. The normalized spacial score (nSPS) is 13.2. The van der Waals surface area contributed by atoms with Gasteiger partial charge >= 0.3 is 12.3 Å². The maximum atomic E-state index is 12.5. The minimum Gasteiger partial charge on any atom is -0.430 e. The minimum atomic E-state index is -4.76. The fraction of sp³-hybridized carbons (Fsp3) is 0.250. The van der Waals surface area contributed by atoms with E-state index in [9.17, 15) is 18.0 Å². The van der Waals surface area contributed by atoms with Crippen LogP contribution in [0, 0.1) is 0 Å². The summed E-state index contributed by atoms with van der Waals surface area (Å²) < 4.78 is 41.9. The predicted molar refractivity (Wildman–Crippen MR) is 51.4 cm³/mol. The van der Waals surface area contributed by atoms with Crippen molar-refractivity contribution in [1.29, 1.82) is 0 Å². The first kappa shape index (κ1) is 12.8. The van der Waals surface area contributed by atoms with Crippen molar-refractivity contribution >= 4 is 22.0 Å². The quantitative estimate of drug-likeness (QED) is 0.912. The summed E-state index contributed by atoms with van der Waals surface area (Å²) in [6.45, 7) is 0. The topological polar surface area (TPSA) is 65.2 Å². The zero-order valence-corrected chi connectivity index (χ0v) is 9.25. The molecular formula is C8H6BrF3N2O2. The van der Waals surface area contributed by atoms with Crippen LogP contribution in [0.25, 0.3) is 0 Å². The number of amides is 1. The summed E-state index contributed by atoms with van der Waals surface area (Å²) in [6.07, 6.45) is -7.57. The van der Waals surface area contributed by atoms with Gasteiger partial charge in [0.2, 0.25) is 6.10 Å². The molecule has 1 amide bonds. The molecule has 2 N–H and O–H groups in total. The summed E-state index contributed by atoms with van der Waals surface area (Å²) in [6, 6.07) is 2.54. The van der Waals surface area contributed by atoms with Gasteiger partial charge < -0.3 is 10.5 Å². The van der Waals surface area contributed by atoms with E-state index in [0.717, 1.165) is 12.3 Å². The standard InChI is InChI=1S/C8H6BrF3N2O2/c9-4-1-2-14-5(3-4)6(8(10,11)12)16-7(13)15/h1-3,6H,(H2,13,15)/t6-/m1/s1. The predicted octanol–water partition coefficient (Wildman–Crippen LogP) is 2.54. The molecule has 1 heterocycles. The molecule has 1 atom stereocenters. The van der Waals surface area contributed by atoms with Gasteiger partial charge in [-0.15, -0.1) is 0 Å². The lowest BCUT2D eigenvalue weighted by Crippen LogP contribution is -2.29. The highest BCUT2D eigenvalue weighted by molar-refractivity contribution is 9.10. The van der Waals surface area contributed by atoms with Gasteiger partial charge in [-0.2, -0.15) is 13.2 Å². The van der Waals surface area contributed by atoms with E-state index in [-0.39, 0.29) is 0 Å². The molecule has 88 valence electrons. The number of primary amides is 1. The van der Waals surface area contributed by atoms with Crippen LogP contribution in [0.3, 0.4) is 0 Å². The zero-order chi connectivity index (χ0) is 12.3. The maximum Gasteiger partial charge on any atom is 0.431 e. The van der Waals surface area contributed by atoms with Crippen LogP contribution in [-0.4, -0.2) is 17.3 Å². The van der Waals surface area contributed by atoms with Crippen molar-refractivity contribution in [2.24, 2.45) is 5.73 Å². The van der Waals surface area contributed by atoms with Gasteiger partial charge in [0.25, 0.3) is 0 Å². The lowest BCUT2D eigenvalue weighted by Gasteiger charge is -2.18. The van der Waals surface area contributed by atoms with Crippen molar-refractivity contribution in [1.82, 2.24) is 4.98 Å². The van der Waals surface area contributed by atoms with Crippen molar-refractivity contribution in [3.8, 4) is 0 Å². The van der Waals surface area contributed by atoms with E-state index in [1.54, 1.807) is 0 Å². The Balaban J connectivity index is 3.06. The van der Waals surface area contributed by atoms with Crippen LogP contribution in [0.1, 0.15) is 11.8 Å². The number of nitrogens with zero attached hydrogens (tertiary/aromatic N) is 1. The molecule has 0 spiro atoms. The molecule has 0 saturated carbocycles. The van der Waals surface area contributed by atoms with Crippen molar-refractivity contribution in [2.45, 2.75) is 12.3 Å². The van der Waals surface area contributed by atoms with Gasteiger partial charge in [0.15, 0.2) is 0 Å². The van der Waals surface area contributed by atoms with E-state index >= 15 is 0 Å². The molecule has 16 heavy (non-hydrogen) atoms. The van der Waals surface area contributed by atoms with E-state index in [0.29, 0.717) is 4.47 Å². The number of ether oxygens (including phenoxy) is 1. The van der Waals surface area contributed by atoms with Gasteiger partial charge in [0, 0.05) is 10.7 Å². The Morgan fingerprint density at radius 1 is 1.56 bits per heavy atom. The van der Waals surface area contributed by atoms with Crippen LogP contribution in [0.15, 0.2) is 22.8 Å². The minimum absolute atomic E-state index is 0.389. The van der Waals surface area contributed by atoms with Crippen molar-refractivity contribution in [3.63, 3.8) is 0 Å². The van der Waals surface area contributed by atoms with Gasteiger partial charge in [0.05, 0.1) is 5.69 Å². The zero-order valence-electron chi connectivity index (χ0n) is 7.66. The molecule has 0 unspecified atom stereocenters. The Bertz CT molecular complexity index is 397. The van der Waals surface area contributed by atoms with E-state index in [4.69, 9.17) is 0 Å². The largest absolute Gasteiger partial charge is 0.431 e. The second-order valence-corrected chi connectivity index (χ2v) is 3.67. The van der Waals surface area contributed by atoms with E-state index < -0.39 is 24.1 Å². The first-order chi connectivity index (χ1) is 7.30. The number of halogens is 4. The second kappa shape index (κ2) is 4.69. The van der Waals surface area contributed by atoms with E-state index in [1.807, 2.05) is 0 Å². The molecule has 0 aliphatic rings. The molecule has 8 heteroatoms. The number of carbonyl (C=O) groups is 1. The van der Waals surface area contributed by atoms with Gasteiger partial charge in [-0.05, 0) is 12.1 Å². The number of nitrogens with two attached hydrogens (primary N) is 1. The van der Waals surface area contributed by atoms with Gasteiger partial charge in [-0.25, -0.2) is 4.79 Å². The van der Waals surface area contributed by atoms with Crippen LogP contribution >= 0.6 is 15.9 Å². The third kappa shape index (κ3) is 3.37. The van der Waals surface area contributed by atoms with Gasteiger partial charge in [0.1, 0.15) is 0 Å². The summed E-state index contributed by atoms with van der Waals surface area (Å²) in [5.74, 6) is 0. The SMILES string of the molecule is NC(=O)O[C@H](c1cc(Br)ccn1)C(F)(F)F. The molecule has 1 aromatic heterocycles. The number of alkyl halides is 3. The molecule has 0 aliphatic heterocycles. The third-order valence-corrected chi connectivity index (χ3v) is 2.04. The number of hydrogen-bond acceptors (Lipinski definition) is 3. The fourth-order valence-electron chi connectivity index (χ4n) is 0.976. The Morgan fingerprint density at radius 3 is 2.62 bits per heavy atom. The van der Waals surface area contributed by atoms with Crippen LogP contribution in [-0.2, 0) is 4.74 Å². The van der Waals surface area contributed by atoms with E-state index in [1.165, 1.54) is 6.07 Å². The summed E-state index contributed by atoms with van der Waals surface area (Å²) in [7, 11) is 0. The third-order valence-electron chi connectivity index (χ3n) is 1.54. The van der Waals surface area contributed by atoms with Gasteiger partial charge in [-0.1, -0.05) is 15.9 Å². The van der Waals surface area contributed by atoms with Crippen LogP contribution in [0.2, 0.25) is 0 Å². The molecule has 0 fully saturated rings. The monoisotopic (exact) mass is 298 g/mol. The Kier molecular flexibility index (Phi) is 3.74. The molecule has 0 saturated heterocycles. The lowest BCUT2D eigenvalue weighted by molar-refractivity contribution is -0.206. The number of pyridine rings is 1. The average molecular weight is 299 g/mol. The number of rotatable bonds is 2. The highest BCUT2D eigenvalue weighted by atomic mass is 79.9. The number of carbonyl (C=O) groups excluding carboxylic acids is 1. The van der Waals surface area contributed by atoms with E-state index in [2.05, 4.69) is 31.4 Å². The molecule has 0 radical (unpaired) electrons. The average Bonchev–Trinajstić information content (AvgIpc) is 2.12. The highest BCUT2D eigenvalue weighted by Gasteiger charge is 2.45. The Labute approximate surface area is 96.7 Å². The maximum absolute atomic E-state index is 12.5.